The molecule has 6 heteroatoms. The summed E-state index contributed by atoms with van der Waals surface area (Å²) in [4.78, 5) is 15.4. The van der Waals surface area contributed by atoms with Crippen LogP contribution in [0.25, 0.3) is 10.8 Å². The molecule has 158 valence electrons. The Morgan fingerprint density at radius 3 is 2.43 bits per heavy atom. The number of carbonyl (C=O) groups excluding carboxylic acids is 1. The number of benzene rings is 3. The van der Waals surface area contributed by atoms with E-state index in [4.69, 9.17) is 4.18 Å². The summed E-state index contributed by atoms with van der Waals surface area (Å²) in [6, 6.07) is 20.5. The molecule has 0 fully saturated rings. The van der Waals surface area contributed by atoms with Gasteiger partial charge < -0.3 is 9.08 Å². The van der Waals surface area contributed by atoms with Crippen LogP contribution in [0.15, 0.2) is 66.7 Å². The normalized spacial score (nSPS) is 12.5. The van der Waals surface area contributed by atoms with Gasteiger partial charge in [-0.1, -0.05) is 55.5 Å². The zero-order valence-corrected chi connectivity index (χ0v) is 18.4. The fourth-order valence-electron chi connectivity index (χ4n) is 3.31. The van der Waals surface area contributed by atoms with E-state index < -0.39 is 10.1 Å². The summed E-state index contributed by atoms with van der Waals surface area (Å²) in [5, 5.41) is 1.94. The van der Waals surface area contributed by atoms with Crippen molar-refractivity contribution in [2.24, 2.45) is 0 Å². The molecular formula is C24H27NO4S. The predicted molar refractivity (Wildman–Crippen MR) is 120 cm³/mol. The molecule has 0 radical (unpaired) electrons. The average molecular weight is 426 g/mol. The van der Waals surface area contributed by atoms with Crippen LogP contribution in [0.4, 0.5) is 0 Å². The summed E-state index contributed by atoms with van der Waals surface area (Å²) in [6.45, 7) is 5.96. The zero-order valence-electron chi connectivity index (χ0n) is 17.5. The maximum absolute atomic E-state index is 13.5. The van der Waals surface area contributed by atoms with Crippen molar-refractivity contribution < 1.29 is 17.4 Å². The summed E-state index contributed by atoms with van der Waals surface area (Å²) < 4.78 is 28.7. The van der Waals surface area contributed by atoms with Crippen molar-refractivity contribution in [3.63, 3.8) is 0 Å². The monoisotopic (exact) mass is 425 g/mol. The van der Waals surface area contributed by atoms with Crippen molar-refractivity contribution in [3.8, 4) is 5.75 Å². The van der Waals surface area contributed by atoms with Gasteiger partial charge in [0.2, 0.25) is 0 Å². The third kappa shape index (κ3) is 5.00. The Hall–Kier alpha value is -2.86. The summed E-state index contributed by atoms with van der Waals surface area (Å²) in [5.74, 6) is 0.111. The number of hydrogen-bond donors (Lipinski definition) is 0. The molecule has 30 heavy (non-hydrogen) atoms. The van der Waals surface area contributed by atoms with Crippen LogP contribution in [0.3, 0.4) is 0 Å². The van der Waals surface area contributed by atoms with Crippen LogP contribution in [0.5, 0.6) is 5.75 Å². The fourth-order valence-corrected chi connectivity index (χ4v) is 3.83. The largest absolute Gasteiger partial charge is 0.382 e. The van der Waals surface area contributed by atoms with E-state index in [9.17, 15) is 13.2 Å². The molecule has 3 aromatic rings. The lowest BCUT2D eigenvalue weighted by Crippen LogP contribution is -2.37. The molecule has 0 N–H and O–H groups in total. The third-order valence-electron chi connectivity index (χ3n) is 5.23. The molecule has 1 atom stereocenters. The standard InChI is InChI=1S/C24H27NO4S/c1-4-18(3)25(17-19-10-8-13-21(16-19)29-30(27,28)5-2)24(26)23-15-9-12-20-11-6-7-14-22(20)23/h6-16,18H,4-5,17H2,1-3H3/t18-/m1/s1. The zero-order chi connectivity index (χ0) is 21.7. The van der Waals surface area contributed by atoms with E-state index in [0.717, 1.165) is 22.8 Å². The van der Waals surface area contributed by atoms with Crippen LogP contribution in [-0.2, 0) is 16.7 Å². The lowest BCUT2D eigenvalue weighted by atomic mass is 10.0. The highest BCUT2D eigenvalue weighted by Gasteiger charge is 2.22. The number of amides is 1. The van der Waals surface area contributed by atoms with Gasteiger partial charge in [0.15, 0.2) is 0 Å². The number of hydrogen-bond acceptors (Lipinski definition) is 4. The van der Waals surface area contributed by atoms with Gasteiger partial charge in [-0.2, -0.15) is 8.42 Å². The first-order valence-corrected chi connectivity index (χ1v) is 11.7. The van der Waals surface area contributed by atoms with Gasteiger partial charge in [-0.05, 0) is 54.8 Å². The summed E-state index contributed by atoms with van der Waals surface area (Å²) >= 11 is 0. The van der Waals surface area contributed by atoms with Crippen molar-refractivity contribution in [2.75, 3.05) is 5.75 Å². The van der Waals surface area contributed by atoms with Crippen LogP contribution in [0, 0.1) is 0 Å². The van der Waals surface area contributed by atoms with Crippen LogP contribution in [0.2, 0.25) is 0 Å². The Balaban J connectivity index is 1.93. The van der Waals surface area contributed by atoms with E-state index in [1.54, 1.807) is 18.2 Å². The second-order valence-corrected chi connectivity index (χ2v) is 9.15. The van der Waals surface area contributed by atoms with Crippen LogP contribution in [0.1, 0.15) is 43.1 Å². The van der Waals surface area contributed by atoms with Gasteiger partial charge in [0.05, 0.1) is 5.75 Å². The smallest absolute Gasteiger partial charge is 0.308 e. The molecule has 3 rings (SSSR count). The van der Waals surface area contributed by atoms with Crippen molar-refractivity contribution in [2.45, 2.75) is 39.8 Å². The summed E-state index contributed by atoms with van der Waals surface area (Å²) in [7, 11) is -3.60. The maximum Gasteiger partial charge on any atom is 0.308 e. The molecule has 0 saturated heterocycles. The minimum absolute atomic E-state index is 0.0143. The van der Waals surface area contributed by atoms with E-state index in [1.165, 1.54) is 6.92 Å². The molecule has 0 heterocycles. The first-order chi connectivity index (χ1) is 14.3. The number of fused-ring (bicyclic) bond motifs is 1. The third-order valence-corrected chi connectivity index (χ3v) is 6.39. The van der Waals surface area contributed by atoms with E-state index in [1.807, 2.05) is 67.3 Å². The Kier molecular flexibility index (Phi) is 6.77. The molecule has 0 aliphatic rings. The van der Waals surface area contributed by atoms with Crippen molar-refractivity contribution >= 4 is 26.8 Å². The Labute approximate surface area is 178 Å². The molecule has 0 bridgehead atoms. The topological polar surface area (TPSA) is 63.7 Å². The van der Waals surface area contributed by atoms with Crippen molar-refractivity contribution in [1.29, 1.82) is 0 Å². The fraction of sp³-hybridized carbons (Fsp3) is 0.292. The van der Waals surface area contributed by atoms with Gasteiger partial charge in [0, 0.05) is 18.2 Å². The van der Waals surface area contributed by atoms with Gasteiger partial charge >= 0.3 is 10.1 Å². The highest BCUT2D eigenvalue weighted by atomic mass is 32.2. The molecule has 0 aliphatic carbocycles. The highest BCUT2D eigenvalue weighted by Crippen LogP contribution is 2.24. The predicted octanol–water partition coefficient (Wildman–Crippen LogP) is 5.01. The van der Waals surface area contributed by atoms with E-state index >= 15 is 0 Å². The molecule has 5 nitrogen and oxygen atoms in total. The van der Waals surface area contributed by atoms with Gasteiger partial charge in [-0.25, -0.2) is 0 Å². The minimum Gasteiger partial charge on any atom is -0.382 e. The van der Waals surface area contributed by atoms with Gasteiger partial charge in [-0.3, -0.25) is 4.79 Å². The first kappa shape index (κ1) is 21.8. The molecule has 3 aromatic carbocycles. The van der Waals surface area contributed by atoms with E-state index in [0.29, 0.717) is 12.1 Å². The minimum atomic E-state index is -3.60. The lowest BCUT2D eigenvalue weighted by molar-refractivity contribution is 0.0673. The number of nitrogens with zero attached hydrogens (tertiary/aromatic N) is 1. The summed E-state index contributed by atoms with van der Waals surface area (Å²) in [5.41, 5.74) is 1.47. The molecule has 0 aliphatic heterocycles. The number of rotatable bonds is 8. The first-order valence-electron chi connectivity index (χ1n) is 10.1. The quantitative estimate of drug-likeness (QED) is 0.476. The second-order valence-electron chi connectivity index (χ2n) is 7.29. The van der Waals surface area contributed by atoms with Gasteiger partial charge in [0.1, 0.15) is 5.75 Å². The van der Waals surface area contributed by atoms with Gasteiger partial charge in [0.25, 0.3) is 5.91 Å². The van der Waals surface area contributed by atoms with Gasteiger partial charge in [-0.15, -0.1) is 0 Å². The van der Waals surface area contributed by atoms with Crippen LogP contribution in [-0.4, -0.2) is 31.0 Å². The molecular weight excluding hydrogens is 398 g/mol. The average Bonchev–Trinajstić information content (AvgIpc) is 2.76. The maximum atomic E-state index is 13.5. The van der Waals surface area contributed by atoms with Crippen LogP contribution < -0.4 is 4.18 Å². The Morgan fingerprint density at radius 1 is 1.00 bits per heavy atom. The lowest BCUT2D eigenvalue weighted by Gasteiger charge is -2.29. The summed E-state index contributed by atoms with van der Waals surface area (Å²) in [6.07, 6.45) is 0.802. The Bertz CT molecular complexity index is 1140. The van der Waals surface area contributed by atoms with E-state index in [2.05, 4.69) is 0 Å². The highest BCUT2D eigenvalue weighted by molar-refractivity contribution is 7.87. The Morgan fingerprint density at radius 2 is 1.70 bits per heavy atom. The van der Waals surface area contributed by atoms with E-state index in [-0.39, 0.29) is 23.5 Å². The van der Waals surface area contributed by atoms with Crippen molar-refractivity contribution in [3.05, 3.63) is 77.9 Å². The molecule has 0 aromatic heterocycles. The van der Waals surface area contributed by atoms with Crippen LogP contribution >= 0.6 is 0 Å². The number of carbonyl (C=O) groups is 1. The SMILES string of the molecule is CC[C@@H](C)N(Cc1cccc(OS(=O)(=O)CC)c1)C(=O)c1cccc2ccccc12. The molecule has 0 spiro atoms. The molecule has 0 unspecified atom stereocenters. The molecule has 0 saturated carbocycles. The van der Waals surface area contributed by atoms with Crippen molar-refractivity contribution in [1.82, 2.24) is 4.90 Å². The second kappa shape index (κ2) is 9.30. The molecule has 1 amide bonds.